The third kappa shape index (κ3) is 5.72. The van der Waals surface area contributed by atoms with Crippen molar-refractivity contribution in [3.8, 4) is 5.75 Å². The Morgan fingerprint density at radius 1 is 1.25 bits per heavy atom. The molecule has 0 aliphatic rings. The normalized spacial score (nSPS) is 13.5. The van der Waals surface area contributed by atoms with Gasteiger partial charge in [0.1, 0.15) is 12.8 Å². The summed E-state index contributed by atoms with van der Waals surface area (Å²) in [6.45, 7) is 13.9. The minimum absolute atomic E-state index is 0.130. The van der Waals surface area contributed by atoms with Crippen LogP contribution in [0.2, 0.25) is 0 Å². The van der Waals surface area contributed by atoms with Gasteiger partial charge in [-0.1, -0.05) is 45.6 Å². The van der Waals surface area contributed by atoms with E-state index in [1.807, 2.05) is 52.8 Å². The molecule has 0 fully saturated rings. The maximum atomic E-state index is 12.8. The van der Waals surface area contributed by atoms with Gasteiger partial charge in [-0.25, -0.2) is 0 Å². The van der Waals surface area contributed by atoms with Crippen molar-refractivity contribution in [2.24, 2.45) is 5.84 Å². The van der Waals surface area contributed by atoms with Crippen LogP contribution in [0.3, 0.4) is 0 Å². The number of carbonyl (C=O) groups excluding carboxylic acids is 1. The molecule has 32 heavy (non-hydrogen) atoms. The van der Waals surface area contributed by atoms with Gasteiger partial charge in [-0.2, -0.15) is 5.21 Å². The van der Waals surface area contributed by atoms with Crippen molar-refractivity contribution in [2.75, 3.05) is 12.5 Å². The quantitative estimate of drug-likeness (QED) is 0.103. The molecule has 2 aromatic rings. The number of nitrogens with two attached hydrogens (primary N) is 1. The molecular formula is C24H33N4O3S+. The second kappa shape index (κ2) is 9.79. The molecule has 0 radical (unpaired) electrons. The second-order valence-electron chi connectivity index (χ2n) is 8.65. The molecule has 0 aromatic heterocycles. The largest absolute Gasteiger partial charge is 0.491 e. The van der Waals surface area contributed by atoms with Crippen LogP contribution in [-0.2, 0) is 10.2 Å². The van der Waals surface area contributed by atoms with E-state index in [0.717, 1.165) is 27.9 Å². The summed E-state index contributed by atoms with van der Waals surface area (Å²) in [6.07, 6.45) is 3.32. The van der Waals surface area contributed by atoms with Gasteiger partial charge in [0.15, 0.2) is 5.75 Å². The summed E-state index contributed by atoms with van der Waals surface area (Å²) >= 11 is 4.27. The number of benzene rings is 2. The highest BCUT2D eigenvalue weighted by atomic mass is 32.1. The van der Waals surface area contributed by atoms with E-state index in [2.05, 4.69) is 30.2 Å². The summed E-state index contributed by atoms with van der Waals surface area (Å²) in [4.78, 5) is 12.8. The van der Waals surface area contributed by atoms with Crippen molar-refractivity contribution < 1.29 is 14.7 Å². The SMILES string of the molecule is C=C(/C=C\c1c(NN)ccc(C)c1C)C(=O)N[N+](O)(S)c1cc(C(C)(C)C)ccc1OC. The molecule has 7 nitrogen and oxygen atoms in total. The average molecular weight is 458 g/mol. The lowest BCUT2D eigenvalue weighted by atomic mass is 9.87. The van der Waals surface area contributed by atoms with Gasteiger partial charge in [-0.05, 0) is 54.2 Å². The van der Waals surface area contributed by atoms with Gasteiger partial charge in [0.2, 0.25) is 5.69 Å². The lowest BCUT2D eigenvalue weighted by molar-refractivity contribution is -0.128. The number of methoxy groups -OCH3 is 1. The van der Waals surface area contributed by atoms with Gasteiger partial charge in [0.05, 0.1) is 12.8 Å². The molecule has 1 amide bonds. The first kappa shape index (κ1) is 25.5. The highest BCUT2D eigenvalue weighted by molar-refractivity contribution is 7.79. The Labute approximate surface area is 195 Å². The van der Waals surface area contributed by atoms with Gasteiger partial charge < -0.3 is 10.2 Å². The molecule has 2 aromatic carbocycles. The number of aryl methyl sites for hydroxylation is 1. The predicted molar refractivity (Wildman–Crippen MR) is 134 cm³/mol. The van der Waals surface area contributed by atoms with Crippen LogP contribution in [0, 0.1) is 13.8 Å². The lowest BCUT2D eigenvalue weighted by Crippen LogP contribution is -2.52. The number of nitrogen functional groups attached to an aromatic ring is 1. The fourth-order valence-corrected chi connectivity index (χ4v) is 3.36. The number of nitrogens with one attached hydrogen (secondary N) is 2. The minimum Gasteiger partial charge on any atom is -0.491 e. The zero-order chi connectivity index (χ0) is 24.3. The molecule has 0 bridgehead atoms. The van der Waals surface area contributed by atoms with E-state index >= 15 is 0 Å². The molecule has 8 heteroatoms. The molecule has 0 saturated carbocycles. The summed E-state index contributed by atoms with van der Waals surface area (Å²) in [5, 5.41) is 11.0. The summed E-state index contributed by atoms with van der Waals surface area (Å²) in [5.41, 5.74) is 9.98. The molecule has 1 unspecified atom stereocenters. The first-order valence-corrected chi connectivity index (χ1v) is 10.5. The predicted octanol–water partition coefficient (Wildman–Crippen LogP) is 4.74. The summed E-state index contributed by atoms with van der Waals surface area (Å²) in [5.74, 6) is 5.39. The van der Waals surface area contributed by atoms with Crippen molar-refractivity contribution >= 4 is 36.2 Å². The van der Waals surface area contributed by atoms with Crippen LogP contribution in [0.4, 0.5) is 11.4 Å². The summed E-state index contributed by atoms with van der Waals surface area (Å²) in [6, 6.07) is 9.22. The van der Waals surface area contributed by atoms with Crippen LogP contribution < -0.4 is 25.6 Å². The van der Waals surface area contributed by atoms with Crippen LogP contribution in [0.1, 0.15) is 43.0 Å². The monoisotopic (exact) mass is 457 g/mol. The number of thiol groups is 1. The molecule has 0 aliphatic heterocycles. The Bertz CT molecular complexity index is 1060. The van der Waals surface area contributed by atoms with Crippen molar-refractivity contribution in [3.05, 3.63) is 70.8 Å². The molecule has 0 spiro atoms. The highest BCUT2D eigenvalue weighted by Gasteiger charge is 2.34. The first-order chi connectivity index (χ1) is 14.8. The van der Waals surface area contributed by atoms with Gasteiger partial charge in [0, 0.05) is 21.4 Å². The summed E-state index contributed by atoms with van der Waals surface area (Å²) in [7, 11) is 1.49. The van der Waals surface area contributed by atoms with E-state index in [9.17, 15) is 10.0 Å². The van der Waals surface area contributed by atoms with Gasteiger partial charge in [0.25, 0.3) is 5.91 Å². The van der Waals surface area contributed by atoms with E-state index in [1.165, 1.54) is 7.11 Å². The Hall–Kier alpha value is -2.78. The van der Waals surface area contributed by atoms with E-state index in [1.54, 1.807) is 24.3 Å². The Morgan fingerprint density at radius 2 is 1.91 bits per heavy atom. The maximum absolute atomic E-state index is 12.8. The second-order valence-corrected chi connectivity index (χ2v) is 9.23. The van der Waals surface area contributed by atoms with Crippen LogP contribution in [0.15, 0.2) is 48.6 Å². The van der Waals surface area contributed by atoms with Crippen LogP contribution in [0.25, 0.3) is 6.08 Å². The molecule has 0 saturated heterocycles. The number of rotatable bonds is 7. The van der Waals surface area contributed by atoms with Crippen LogP contribution in [0.5, 0.6) is 5.75 Å². The number of ether oxygens (including phenoxy) is 1. The van der Waals surface area contributed by atoms with E-state index in [4.69, 9.17) is 10.6 Å². The molecule has 1 atom stereocenters. The van der Waals surface area contributed by atoms with Crippen molar-refractivity contribution in [1.29, 1.82) is 0 Å². The molecule has 2 rings (SSSR count). The number of amides is 1. The third-order valence-electron chi connectivity index (χ3n) is 5.32. The molecule has 0 aliphatic carbocycles. The zero-order valence-electron chi connectivity index (χ0n) is 19.5. The smallest absolute Gasteiger partial charge is 0.299 e. The fraction of sp³-hybridized carbons (Fsp3) is 0.292. The zero-order valence-corrected chi connectivity index (χ0v) is 20.4. The van der Waals surface area contributed by atoms with Crippen molar-refractivity contribution in [3.63, 3.8) is 0 Å². The number of hydrogen-bond acceptors (Lipinski definition) is 6. The molecule has 172 valence electrons. The lowest BCUT2D eigenvalue weighted by Gasteiger charge is -2.26. The molecule has 0 heterocycles. The Balaban J connectivity index is 2.30. The average Bonchev–Trinajstić information content (AvgIpc) is 2.72. The third-order valence-corrected chi connectivity index (χ3v) is 5.64. The maximum Gasteiger partial charge on any atom is 0.299 e. The number of nitrogens with zero attached hydrogens (tertiary/aromatic N) is 1. The van der Waals surface area contributed by atoms with Gasteiger partial charge in [-0.3, -0.25) is 10.6 Å². The standard InChI is InChI=1S/C24H32N4O3S/c1-15-9-12-20(26-25)19(17(15)3)11-8-16(2)23(29)27-28(30,32)21-14-18(24(4,5)6)10-13-22(21)31-7/h8-14,26,30,32H,2,25H2,1,3-7H3/p+1/b11-8-. The Morgan fingerprint density at radius 3 is 2.47 bits per heavy atom. The number of carbonyl (C=O) groups is 1. The van der Waals surface area contributed by atoms with E-state index < -0.39 is 10.1 Å². The van der Waals surface area contributed by atoms with E-state index in [-0.39, 0.29) is 16.7 Å². The van der Waals surface area contributed by atoms with Crippen LogP contribution in [-0.4, -0.2) is 18.2 Å². The number of anilines is 1. The Kier molecular flexibility index (Phi) is 7.79. The van der Waals surface area contributed by atoms with E-state index in [0.29, 0.717) is 5.75 Å². The molecule has 5 N–H and O–H groups in total. The van der Waals surface area contributed by atoms with Crippen molar-refractivity contribution in [2.45, 2.75) is 40.0 Å². The number of quaternary nitrogens is 1. The topological polar surface area (TPSA) is 96.6 Å². The van der Waals surface area contributed by atoms with Crippen LogP contribution >= 0.6 is 12.8 Å². The minimum atomic E-state index is -1.20. The van der Waals surface area contributed by atoms with Gasteiger partial charge >= 0.3 is 0 Å². The van der Waals surface area contributed by atoms with Crippen molar-refractivity contribution in [1.82, 2.24) is 9.59 Å². The highest BCUT2D eigenvalue weighted by Crippen LogP contribution is 2.37. The first-order valence-electron chi connectivity index (χ1n) is 10.1. The van der Waals surface area contributed by atoms with Gasteiger partial charge in [-0.15, -0.1) is 5.43 Å². The number of hydrazine groups is 1. The molecular weight excluding hydrogens is 424 g/mol. The fourth-order valence-electron chi connectivity index (χ4n) is 3.11. The summed E-state index contributed by atoms with van der Waals surface area (Å²) < 4.78 is 4.17. The number of hydrogen-bond donors (Lipinski definition) is 5.